The molecule has 1 saturated heterocycles. The molecule has 41 heavy (non-hydrogen) atoms. The maximum Gasteiger partial charge on any atom is 0.471 e. The summed E-state index contributed by atoms with van der Waals surface area (Å²) in [4.78, 5) is 19.0. The number of anilines is 2. The number of carbonyl (C=O) groups is 1. The molecule has 0 bridgehead atoms. The number of alkyl halides is 6. The van der Waals surface area contributed by atoms with Crippen molar-refractivity contribution in [1.29, 1.82) is 0 Å². The summed E-state index contributed by atoms with van der Waals surface area (Å²) in [6, 6.07) is 4.31. The summed E-state index contributed by atoms with van der Waals surface area (Å²) in [5, 5.41) is 5.95. The Balaban J connectivity index is 1.37. The lowest BCUT2D eigenvalue weighted by Gasteiger charge is -2.42. The number of carbonyl (C=O) groups excluding carboxylic acids is 1. The lowest BCUT2D eigenvalue weighted by atomic mass is 9.98. The van der Waals surface area contributed by atoms with Crippen LogP contribution in [0, 0.1) is 5.82 Å². The summed E-state index contributed by atoms with van der Waals surface area (Å²) >= 11 is 0. The Morgan fingerprint density at radius 2 is 1.80 bits per heavy atom. The lowest BCUT2D eigenvalue weighted by Crippen LogP contribution is -2.51. The first-order chi connectivity index (χ1) is 19.3. The van der Waals surface area contributed by atoms with Gasteiger partial charge in [0, 0.05) is 56.8 Å². The summed E-state index contributed by atoms with van der Waals surface area (Å²) in [5.41, 5.74) is 3.38. The molecule has 1 fully saturated rings. The Labute approximate surface area is 229 Å². The van der Waals surface area contributed by atoms with Crippen LogP contribution in [0.3, 0.4) is 0 Å². The zero-order valence-corrected chi connectivity index (χ0v) is 21.5. The van der Waals surface area contributed by atoms with Crippen molar-refractivity contribution in [1.82, 2.24) is 30.0 Å². The first kappa shape index (κ1) is 28.2. The van der Waals surface area contributed by atoms with E-state index in [1.807, 2.05) is 4.90 Å². The molecule has 1 N–H and O–H groups in total. The first-order valence-electron chi connectivity index (χ1n) is 12.5. The number of fused-ring (bicyclic) bond motifs is 1. The highest BCUT2D eigenvalue weighted by Crippen LogP contribution is 2.38. The summed E-state index contributed by atoms with van der Waals surface area (Å²) in [6.45, 7) is -0.512. The molecule has 1 amide bonds. The van der Waals surface area contributed by atoms with Gasteiger partial charge in [0.25, 0.3) is 0 Å². The molecule has 0 radical (unpaired) electrons. The summed E-state index contributed by atoms with van der Waals surface area (Å²) < 4.78 is 96.5. The van der Waals surface area contributed by atoms with E-state index in [0.717, 1.165) is 29.2 Å². The van der Waals surface area contributed by atoms with Crippen LogP contribution in [0.15, 0.2) is 55.1 Å². The third-order valence-corrected chi connectivity index (χ3v) is 7.14. The second-order valence-corrected chi connectivity index (χ2v) is 9.65. The van der Waals surface area contributed by atoms with E-state index in [4.69, 9.17) is 0 Å². The number of aromatic nitrogens is 3. The SMILES string of the molecule is Cn1nccc1N1NC=C(N2CCC(N(Cc3ccc(F)cc3C(F)(F)F)C(=O)C(F)(F)F)CC2)c2ccncc21. The number of hydrazine groups is 1. The van der Waals surface area contributed by atoms with Gasteiger partial charge >= 0.3 is 18.3 Å². The molecule has 15 heteroatoms. The number of piperidine rings is 1. The van der Waals surface area contributed by atoms with Crippen LogP contribution in [0.1, 0.15) is 29.5 Å². The van der Waals surface area contributed by atoms with Crippen LogP contribution in [0.2, 0.25) is 0 Å². The predicted molar refractivity (Wildman–Crippen MR) is 133 cm³/mol. The molecular formula is C26H24F7N7O. The van der Waals surface area contributed by atoms with Crippen LogP contribution in [-0.2, 0) is 24.6 Å². The molecule has 2 aromatic heterocycles. The minimum atomic E-state index is -5.30. The van der Waals surface area contributed by atoms with Crippen molar-refractivity contribution in [3.8, 4) is 0 Å². The van der Waals surface area contributed by atoms with Gasteiger partial charge in [-0.2, -0.15) is 31.4 Å². The monoisotopic (exact) mass is 583 g/mol. The van der Waals surface area contributed by atoms with E-state index in [0.29, 0.717) is 10.6 Å². The van der Waals surface area contributed by atoms with Crippen molar-refractivity contribution in [2.75, 3.05) is 18.1 Å². The number of rotatable bonds is 5. The highest BCUT2D eigenvalue weighted by atomic mass is 19.4. The fraction of sp³-hybridized carbons (Fsp3) is 0.346. The number of amides is 1. The maximum atomic E-state index is 13.6. The molecular weight excluding hydrogens is 559 g/mol. The number of pyridine rings is 1. The normalized spacial score (nSPS) is 16.2. The van der Waals surface area contributed by atoms with Gasteiger partial charge in [0.2, 0.25) is 0 Å². The molecule has 0 saturated carbocycles. The Morgan fingerprint density at radius 1 is 1.07 bits per heavy atom. The van der Waals surface area contributed by atoms with Crippen molar-refractivity contribution in [3.05, 3.63) is 77.6 Å². The van der Waals surface area contributed by atoms with Gasteiger partial charge in [0.15, 0.2) is 0 Å². The third-order valence-electron chi connectivity index (χ3n) is 7.14. The van der Waals surface area contributed by atoms with E-state index in [1.165, 1.54) is 0 Å². The van der Waals surface area contributed by atoms with Crippen LogP contribution in [-0.4, -0.2) is 55.8 Å². The van der Waals surface area contributed by atoms with Gasteiger partial charge in [0.05, 0.1) is 29.3 Å². The van der Waals surface area contributed by atoms with E-state index in [1.54, 1.807) is 53.7 Å². The molecule has 5 rings (SSSR count). The topological polar surface area (TPSA) is 69.5 Å². The number of nitrogens with one attached hydrogen (secondary N) is 1. The average molecular weight is 584 g/mol. The van der Waals surface area contributed by atoms with E-state index >= 15 is 0 Å². The van der Waals surface area contributed by atoms with Gasteiger partial charge in [-0.15, -0.1) is 0 Å². The van der Waals surface area contributed by atoms with Crippen LogP contribution in [0.4, 0.5) is 42.2 Å². The smallest absolute Gasteiger partial charge is 0.370 e. The Hall–Kier alpha value is -4.30. The van der Waals surface area contributed by atoms with Gasteiger partial charge < -0.3 is 9.80 Å². The zero-order valence-electron chi connectivity index (χ0n) is 21.5. The van der Waals surface area contributed by atoms with Gasteiger partial charge in [-0.05, 0) is 36.6 Å². The molecule has 0 unspecified atom stereocenters. The predicted octanol–water partition coefficient (Wildman–Crippen LogP) is 4.98. The van der Waals surface area contributed by atoms with Gasteiger partial charge in [-0.25, -0.2) is 9.40 Å². The Bertz CT molecular complexity index is 1460. The number of aryl methyl sites for hydroxylation is 1. The average Bonchev–Trinajstić information content (AvgIpc) is 3.36. The van der Waals surface area contributed by atoms with Crippen molar-refractivity contribution in [2.24, 2.45) is 7.05 Å². The van der Waals surface area contributed by atoms with E-state index in [9.17, 15) is 35.5 Å². The number of likely N-dealkylation sites (tertiary alicyclic amines) is 1. The molecule has 8 nitrogen and oxygen atoms in total. The lowest BCUT2D eigenvalue weighted by molar-refractivity contribution is -0.189. The summed E-state index contributed by atoms with van der Waals surface area (Å²) in [6.07, 6.45) is -3.55. The number of benzene rings is 1. The largest absolute Gasteiger partial charge is 0.471 e. The van der Waals surface area contributed by atoms with Crippen LogP contribution in [0.5, 0.6) is 0 Å². The number of halogens is 7. The van der Waals surface area contributed by atoms with Crippen molar-refractivity contribution in [3.63, 3.8) is 0 Å². The minimum Gasteiger partial charge on any atom is -0.370 e. The zero-order chi connectivity index (χ0) is 29.5. The Morgan fingerprint density at radius 3 is 2.44 bits per heavy atom. The minimum absolute atomic E-state index is 0.0631. The molecule has 218 valence electrons. The summed E-state index contributed by atoms with van der Waals surface area (Å²) in [5.74, 6) is -2.70. The molecule has 0 atom stereocenters. The second-order valence-electron chi connectivity index (χ2n) is 9.65. The molecule has 0 aliphatic carbocycles. The molecule has 3 aromatic rings. The van der Waals surface area contributed by atoms with Crippen molar-refractivity contribution >= 4 is 23.1 Å². The standard InChI is InChI=1S/C26H24F7N7O/c1-37-23(5-9-35-37)40-22-13-34-8-4-19(22)21(14-36-40)38-10-6-18(7-11-38)39(24(41)26(31,32)33)15-16-2-3-17(27)12-20(16)25(28,29)30/h2-5,8-9,12-14,18,36H,6-7,10-11,15H2,1H3. The molecule has 1 aromatic carbocycles. The fourth-order valence-electron chi connectivity index (χ4n) is 5.17. The van der Waals surface area contributed by atoms with Crippen LogP contribution in [0.25, 0.3) is 5.70 Å². The molecule has 2 aliphatic rings. The van der Waals surface area contributed by atoms with E-state index < -0.39 is 47.8 Å². The fourth-order valence-corrected chi connectivity index (χ4v) is 5.17. The van der Waals surface area contributed by atoms with E-state index in [-0.39, 0.29) is 32.0 Å². The number of hydrogen-bond donors (Lipinski definition) is 1. The first-order valence-corrected chi connectivity index (χ1v) is 12.5. The molecule has 4 heterocycles. The number of nitrogens with zero attached hydrogens (tertiary/aromatic N) is 6. The number of hydrogen-bond acceptors (Lipinski definition) is 6. The third kappa shape index (κ3) is 5.65. The van der Waals surface area contributed by atoms with Crippen LogP contribution >= 0.6 is 0 Å². The molecule has 0 spiro atoms. The maximum absolute atomic E-state index is 13.6. The highest BCUT2D eigenvalue weighted by Gasteiger charge is 2.46. The van der Waals surface area contributed by atoms with Gasteiger partial charge in [0.1, 0.15) is 11.6 Å². The second kappa shape index (κ2) is 10.6. The van der Waals surface area contributed by atoms with Crippen LogP contribution < -0.4 is 10.4 Å². The highest BCUT2D eigenvalue weighted by molar-refractivity contribution is 5.82. The van der Waals surface area contributed by atoms with Gasteiger partial charge in [-0.1, -0.05) is 6.07 Å². The quantitative estimate of drug-likeness (QED) is 0.428. The Kier molecular flexibility index (Phi) is 7.30. The van der Waals surface area contributed by atoms with Gasteiger partial charge in [-0.3, -0.25) is 19.9 Å². The van der Waals surface area contributed by atoms with Crippen molar-refractivity contribution in [2.45, 2.75) is 37.8 Å². The molecule has 2 aliphatic heterocycles. The van der Waals surface area contributed by atoms with E-state index in [2.05, 4.69) is 15.5 Å². The van der Waals surface area contributed by atoms with Crippen molar-refractivity contribution < 1.29 is 35.5 Å². The summed E-state index contributed by atoms with van der Waals surface area (Å²) in [7, 11) is 1.77.